The van der Waals surface area contributed by atoms with Gasteiger partial charge in [0, 0.05) is 18.0 Å². The number of aryl methyl sites for hydroxylation is 2. The third-order valence-corrected chi connectivity index (χ3v) is 4.07. The molecule has 6 nitrogen and oxygen atoms in total. The molecule has 1 heterocycles. The predicted octanol–water partition coefficient (Wildman–Crippen LogP) is 0.818. The van der Waals surface area contributed by atoms with E-state index in [1.165, 1.54) is 16.4 Å². The molecule has 1 atom stereocenters. The zero-order chi connectivity index (χ0) is 15.6. The third kappa shape index (κ3) is 3.83. The van der Waals surface area contributed by atoms with E-state index in [2.05, 4.69) is 16.1 Å². The van der Waals surface area contributed by atoms with Crippen LogP contribution in [0, 0.1) is 6.92 Å². The van der Waals surface area contributed by atoms with Crippen molar-refractivity contribution in [2.45, 2.75) is 36.4 Å². The van der Waals surface area contributed by atoms with Gasteiger partial charge in [-0.1, -0.05) is 17.7 Å². The molecule has 0 aliphatic heterocycles. The molecule has 0 bridgehead atoms. The number of aromatic nitrogens is 3. The van der Waals surface area contributed by atoms with Crippen LogP contribution in [0.1, 0.15) is 18.1 Å². The number of aromatic amines is 1. The lowest BCUT2D eigenvalue weighted by molar-refractivity contribution is 0.596. The van der Waals surface area contributed by atoms with Gasteiger partial charge < -0.3 is 5.73 Å². The molecule has 2 aromatic rings. The minimum absolute atomic E-state index is 0.0403. The van der Waals surface area contributed by atoms with Gasteiger partial charge >= 0.3 is 11.1 Å². The fourth-order valence-electron chi connectivity index (χ4n) is 1.96. The van der Waals surface area contributed by atoms with E-state index in [1.54, 1.807) is 7.05 Å². The molecule has 0 radical (unpaired) electrons. The van der Waals surface area contributed by atoms with Gasteiger partial charge in [-0.05, 0) is 43.7 Å². The standard InChI is InChI=1S/C14H18N4O2S/c1-8-4-5-11(10(6-8)7-9(2)15)21-14-16-12(19)13(20)17-18(14)3/h4-6,9H,7,15H2,1-3H3,(H,17,20). The molecule has 112 valence electrons. The summed E-state index contributed by atoms with van der Waals surface area (Å²) in [6.07, 6.45) is 0.737. The van der Waals surface area contributed by atoms with Gasteiger partial charge in [0.2, 0.25) is 0 Å². The van der Waals surface area contributed by atoms with E-state index in [4.69, 9.17) is 5.73 Å². The monoisotopic (exact) mass is 306 g/mol. The number of nitrogens with zero attached hydrogens (tertiary/aromatic N) is 2. The van der Waals surface area contributed by atoms with Crippen LogP contribution < -0.4 is 16.9 Å². The van der Waals surface area contributed by atoms with Crippen molar-refractivity contribution in [3.63, 3.8) is 0 Å². The van der Waals surface area contributed by atoms with Crippen LogP contribution in [0.3, 0.4) is 0 Å². The van der Waals surface area contributed by atoms with E-state index in [9.17, 15) is 9.59 Å². The zero-order valence-electron chi connectivity index (χ0n) is 12.2. The Morgan fingerprint density at radius 3 is 2.81 bits per heavy atom. The second-order valence-electron chi connectivity index (χ2n) is 5.09. The summed E-state index contributed by atoms with van der Waals surface area (Å²) in [5.74, 6) is 0. The largest absolute Gasteiger partial charge is 0.339 e. The van der Waals surface area contributed by atoms with Gasteiger partial charge in [0.05, 0.1) is 0 Å². The Balaban J connectivity index is 2.42. The molecule has 3 N–H and O–H groups in total. The number of nitrogens with two attached hydrogens (primary N) is 1. The summed E-state index contributed by atoms with van der Waals surface area (Å²) >= 11 is 1.34. The minimum atomic E-state index is -0.781. The van der Waals surface area contributed by atoms with Crippen LogP contribution in [0.4, 0.5) is 0 Å². The number of nitrogens with one attached hydrogen (secondary N) is 1. The average Bonchev–Trinajstić information content (AvgIpc) is 2.38. The zero-order valence-corrected chi connectivity index (χ0v) is 13.0. The molecule has 0 aliphatic carbocycles. The second kappa shape index (κ2) is 6.28. The van der Waals surface area contributed by atoms with Gasteiger partial charge in [0.1, 0.15) is 0 Å². The minimum Gasteiger partial charge on any atom is -0.328 e. The summed E-state index contributed by atoms with van der Waals surface area (Å²) in [5.41, 5.74) is 6.64. The average molecular weight is 306 g/mol. The Morgan fingerprint density at radius 1 is 1.43 bits per heavy atom. The SMILES string of the molecule is Cc1ccc(Sc2nc(=O)c(=O)[nH]n2C)c(CC(C)N)c1. The lowest BCUT2D eigenvalue weighted by atomic mass is 10.1. The Bertz CT molecular complexity index is 764. The summed E-state index contributed by atoms with van der Waals surface area (Å²) in [4.78, 5) is 27.4. The van der Waals surface area contributed by atoms with Crippen LogP contribution in [-0.2, 0) is 13.5 Å². The molecular formula is C14H18N4O2S. The van der Waals surface area contributed by atoms with Crippen LogP contribution >= 0.6 is 11.8 Å². The molecule has 0 spiro atoms. The molecule has 0 saturated carbocycles. The van der Waals surface area contributed by atoms with Gasteiger partial charge in [0.25, 0.3) is 0 Å². The molecule has 0 saturated heterocycles. The summed E-state index contributed by atoms with van der Waals surface area (Å²) < 4.78 is 1.45. The molecular weight excluding hydrogens is 288 g/mol. The van der Waals surface area contributed by atoms with Crippen molar-refractivity contribution < 1.29 is 0 Å². The molecule has 1 aromatic carbocycles. The maximum atomic E-state index is 11.4. The summed E-state index contributed by atoms with van der Waals surface area (Å²) in [5, 5.41) is 2.88. The maximum absolute atomic E-state index is 11.4. The van der Waals surface area contributed by atoms with Crippen molar-refractivity contribution >= 4 is 11.8 Å². The first-order valence-corrected chi connectivity index (χ1v) is 7.39. The lowest BCUT2D eigenvalue weighted by Gasteiger charge is -2.13. The van der Waals surface area contributed by atoms with Crippen molar-refractivity contribution in [1.29, 1.82) is 0 Å². The van der Waals surface area contributed by atoms with Gasteiger partial charge in [0.15, 0.2) is 5.16 Å². The fraction of sp³-hybridized carbons (Fsp3) is 0.357. The van der Waals surface area contributed by atoms with Crippen LogP contribution in [0.15, 0.2) is 37.8 Å². The van der Waals surface area contributed by atoms with E-state index < -0.39 is 11.1 Å². The first-order valence-electron chi connectivity index (χ1n) is 6.57. The summed E-state index contributed by atoms with van der Waals surface area (Å²) in [7, 11) is 1.65. The van der Waals surface area contributed by atoms with Crippen molar-refractivity contribution in [1.82, 2.24) is 14.8 Å². The number of hydrogen-bond donors (Lipinski definition) is 2. The van der Waals surface area contributed by atoms with Crippen molar-refractivity contribution in [2.75, 3.05) is 0 Å². The van der Waals surface area contributed by atoms with Crippen LogP contribution in [0.25, 0.3) is 0 Å². The third-order valence-electron chi connectivity index (χ3n) is 2.91. The van der Waals surface area contributed by atoms with Crippen LogP contribution in [0.2, 0.25) is 0 Å². The predicted molar refractivity (Wildman–Crippen MR) is 82.8 cm³/mol. The van der Waals surface area contributed by atoms with Crippen molar-refractivity contribution in [2.24, 2.45) is 12.8 Å². The van der Waals surface area contributed by atoms with E-state index in [-0.39, 0.29) is 6.04 Å². The van der Waals surface area contributed by atoms with E-state index in [0.29, 0.717) is 5.16 Å². The van der Waals surface area contributed by atoms with E-state index in [1.807, 2.05) is 26.0 Å². The molecule has 0 amide bonds. The Labute approximate surface area is 126 Å². The number of benzene rings is 1. The topological polar surface area (TPSA) is 93.8 Å². The molecule has 0 aliphatic rings. The van der Waals surface area contributed by atoms with Gasteiger partial charge in [-0.25, -0.2) is 0 Å². The molecule has 1 unspecified atom stereocenters. The molecule has 21 heavy (non-hydrogen) atoms. The quantitative estimate of drug-likeness (QED) is 0.816. The molecule has 1 aromatic heterocycles. The fourth-order valence-corrected chi connectivity index (χ4v) is 2.88. The Hall–Kier alpha value is -1.86. The molecule has 7 heteroatoms. The smallest absolute Gasteiger partial charge is 0.328 e. The molecule has 2 rings (SSSR count). The van der Waals surface area contributed by atoms with E-state index >= 15 is 0 Å². The first kappa shape index (κ1) is 15.5. The summed E-state index contributed by atoms with van der Waals surface area (Å²) in [6.45, 7) is 3.97. The lowest BCUT2D eigenvalue weighted by Crippen LogP contribution is -2.33. The maximum Gasteiger partial charge on any atom is 0.339 e. The van der Waals surface area contributed by atoms with Gasteiger partial charge in [-0.2, -0.15) is 4.98 Å². The highest BCUT2D eigenvalue weighted by atomic mass is 32.2. The first-order chi connectivity index (χ1) is 9.86. The van der Waals surface area contributed by atoms with Gasteiger partial charge in [-0.15, -0.1) is 0 Å². The highest BCUT2D eigenvalue weighted by molar-refractivity contribution is 7.99. The Morgan fingerprint density at radius 2 is 2.14 bits per heavy atom. The number of H-pyrrole nitrogens is 1. The number of hydrogen-bond acceptors (Lipinski definition) is 5. The highest BCUT2D eigenvalue weighted by Crippen LogP contribution is 2.29. The highest BCUT2D eigenvalue weighted by Gasteiger charge is 2.11. The van der Waals surface area contributed by atoms with Crippen LogP contribution in [0.5, 0.6) is 0 Å². The summed E-state index contributed by atoms with van der Waals surface area (Å²) in [6, 6.07) is 6.10. The Kier molecular flexibility index (Phi) is 4.64. The van der Waals surface area contributed by atoms with Crippen LogP contribution in [-0.4, -0.2) is 20.8 Å². The number of rotatable bonds is 4. The van der Waals surface area contributed by atoms with Crippen molar-refractivity contribution in [3.8, 4) is 0 Å². The normalized spacial score (nSPS) is 12.4. The van der Waals surface area contributed by atoms with Gasteiger partial charge in [-0.3, -0.25) is 19.4 Å². The van der Waals surface area contributed by atoms with E-state index in [0.717, 1.165) is 22.4 Å². The second-order valence-corrected chi connectivity index (χ2v) is 6.10. The molecule has 0 fully saturated rings. The van der Waals surface area contributed by atoms with Crippen molar-refractivity contribution in [3.05, 3.63) is 50.0 Å².